The highest BCUT2D eigenvalue weighted by Crippen LogP contribution is 2.10. The zero-order valence-corrected chi connectivity index (χ0v) is 17.7. The lowest BCUT2D eigenvalue weighted by atomic mass is 10.0. The van der Waals surface area contributed by atoms with Gasteiger partial charge in [-0.15, -0.1) is 24.0 Å². The molecule has 0 aliphatic carbocycles. The fraction of sp³-hybridized carbons (Fsp3) is 0.474. The monoisotopic (exact) mass is 455 g/mol. The molecule has 138 valence electrons. The second kappa shape index (κ2) is 11.1. The first-order valence-corrected chi connectivity index (χ1v) is 8.70. The Kier molecular flexibility index (Phi) is 9.55. The molecule has 0 amide bonds. The molecular formula is C19H30IN5. The minimum absolute atomic E-state index is 0. The largest absolute Gasteiger partial charge is 0.370 e. The van der Waals surface area contributed by atoms with Crippen molar-refractivity contribution >= 4 is 29.9 Å². The van der Waals surface area contributed by atoms with Crippen LogP contribution in [-0.2, 0) is 6.54 Å². The Labute approximate surface area is 168 Å². The number of rotatable bonds is 8. The lowest BCUT2D eigenvalue weighted by Gasteiger charge is -2.15. The number of nitrogens with two attached hydrogens (primary N) is 1. The maximum atomic E-state index is 5.99. The first-order valence-electron chi connectivity index (χ1n) is 8.70. The summed E-state index contributed by atoms with van der Waals surface area (Å²) in [6.45, 7) is 7.25. The van der Waals surface area contributed by atoms with Gasteiger partial charge < -0.3 is 11.1 Å². The molecular weight excluding hydrogens is 425 g/mol. The number of aliphatic imine (C=N–C) groups is 1. The molecule has 25 heavy (non-hydrogen) atoms. The molecule has 0 saturated heterocycles. The van der Waals surface area contributed by atoms with Crippen LogP contribution in [0.4, 0.5) is 0 Å². The summed E-state index contributed by atoms with van der Waals surface area (Å²) in [5.41, 5.74) is 8.15. The summed E-state index contributed by atoms with van der Waals surface area (Å²) >= 11 is 0. The van der Waals surface area contributed by atoms with Crippen LogP contribution in [0.5, 0.6) is 0 Å². The molecule has 1 unspecified atom stereocenters. The summed E-state index contributed by atoms with van der Waals surface area (Å²) in [4.78, 5) is 4.43. The van der Waals surface area contributed by atoms with E-state index in [0.717, 1.165) is 23.6 Å². The van der Waals surface area contributed by atoms with Crippen molar-refractivity contribution in [3.8, 4) is 5.69 Å². The summed E-state index contributed by atoms with van der Waals surface area (Å²) in [7, 11) is 0. The summed E-state index contributed by atoms with van der Waals surface area (Å²) < 4.78 is 1.84. The van der Waals surface area contributed by atoms with Crippen molar-refractivity contribution < 1.29 is 0 Å². The molecule has 1 heterocycles. The van der Waals surface area contributed by atoms with Gasteiger partial charge in [-0.05, 0) is 43.0 Å². The number of guanidine groups is 1. The van der Waals surface area contributed by atoms with Crippen LogP contribution in [0.25, 0.3) is 5.69 Å². The lowest BCUT2D eigenvalue weighted by Crippen LogP contribution is -2.38. The van der Waals surface area contributed by atoms with Crippen LogP contribution in [0.15, 0.2) is 47.7 Å². The Balaban J connectivity index is 0.00000312. The minimum atomic E-state index is 0. The highest BCUT2D eigenvalue weighted by atomic mass is 127. The fourth-order valence-corrected chi connectivity index (χ4v) is 2.55. The van der Waals surface area contributed by atoms with Crippen LogP contribution in [0.2, 0.25) is 0 Å². The van der Waals surface area contributed by atoms with Crippen molar-refractivity contribution in [2.75, 3.05) is 0 Å². The molecule has 1 aromatic heterocycles. The van der Waals surface area contributed by atoms with Gasteiger partial charge in [-0.2, -0.15) is 5.10 Å². The van der Waals surface area contributed by atoms with Crippen molar-refractivity contribution in [1.82, 2.24) is 15.1 Å². The van der Waals surface area contributed by atoms with Gasteiger partial charge in [0.2, 0.25) is 0 Å². The quantitative estimate of drug-likeness (QED) is 0.358. The van der Waals surface area contributed by atoms with Gasteiger partial charge in [0.1, 0.15) is 0 Å². The van der Waals surface area contributed by atoms with Gasteiger partial charge >= 0.3 is 0 Å². The van der Waals surface area contributed by atoms with E-state index in [1.165, 1.54) is 12.8 Å². The van der Waals surface area contributed by atoms with Crippen molar-refractivity contribution in [3.63, 3.8) is 0 Å². The number of benzene rings is 1. The van der Waals surface area contributed by atoms with E-state index in [-0.39, 0.29) is 24.0 Å². The van der Waals surface area contributed by atoms with Crippen LogP contribution in [0.3, 0.4) is 0 Å². The summed E-state index contributed by atoms with van der Waals surface area (Å²) in [5.74, 6) is 1.27. The minimum Gasteiger partial charge on any atom is -0.370 e. The number of hydrogen-bond donors (Lipinski definition) is 2. The first kappa shape index (κ1) is 21.5. The second-order valence-electron chi connectivity index (χ2n) is 6.69. The topological polar surface area (TPSA) is 68.2 Å². The van der Waals surface area contributed by atoms with Gasteiger partial charge in [0.15, 0.2) is 5.96 Å². The molecule has 3 N–H and O–H groups in total. The van der Waals surface area contributed by atoms with Crippen molar-refractivity contribution in [3.05, 3.63) is 48.3 Å². The average molecular weight is 455 g/mol. The number of halogens is 1. The highest BCUT2D eigenvalue weighted by Gasteiger charge is 2.04. The number of nitrogens with one attached hydrogen (secondary N) is 1. The SMILES string of the molecule is CC(C)CCCC(C)NC(N)=NCc1ccc(-n2cccn2)cc1.I. The third-order valence-electron chi connectivity index (χ3n) is 3.95. The molecule has 2 rings (SSSR count). The summed E-state index contributed by atoms with van der Waals surface area (Å²) in [6, 6.07) is 10.5. The summed E-state index contributed by atoms with van der Waals surface area (Å²) in [6.07, 6.45) is 7.29. The third kappa shape index (κ3) is 7.90. The van der Waals surface area contributed by atoms with Crippen LogP contribution in [0.1, 0.15) is 45.6 Å². The van der Waals surface area contributed by atoms with E-state index in [0.29, 0.717) is 18.5 Å². The summed E-state index contributed by atoms with van der Waals surface area (Å²) in [5, 5.41) is 7.49. The third-order valence-corrected chi connectivity index (χ3v) is 3.95. The van der Waals surface area contributed by atoms with E-state index >= 15 is 0 Å². The van der Waals surface area contributed by atoms with Gasteiger partial charge in [-0.25, -0.2) is 9.67 Å². The normalized spacial score (nSPS) is 12.7. The Morgan fingerprint density at radius 2 is 1.92 bits per heavy atom. The molecule has 0 spiro atoms. The molecule has 5 nitrogen and oxygen atoms in total. The van der Waals surface area contributed by atoms with E-state index in [1.54, 1.807) is 6.20 Å². The number of hydrogen-bond acceptors (Lipinski definition) is 2. The smallest absolute Gasteiger partial charge is 0.189 e. The van der Waals surface area contributed by atoms with Crippen molar-refractivity contribution in [2.24, 2.45) is 16.6 Å². The molecule has 0 fully saturated rings. The molecule has 0 aliphatic rings. The van der Waals surface area contributed by atoms with Crippen molar-refractivity contribution in [1.29, 1.82) is 0 Å². The van der Waals surface area contributed by atoms with Crippen LogP contribution in [0, 0.1) is 5.92 Å². The Bertz CT molecular complexity index is 620. The van der Waals surface area contributed by atoms with Gasteiger partial charge in [0.25, 0.3) is 0 Å². The zero-order valence-electron chi connectivity index (χ0n) is 15.4. The maximum Gasteiger partial charge on any atom is 0.189 e. The van der Waals surface area contributed by atoms with Gasteiger partial charge in [0.05, 0.1) is 12.2 Å². The molecule has 6 heteroatoms. The number of nitrogens with zero attached hydrogens (tertiary/aromatic N) is 3. The molecule has 0 radical (unpaired) electrons. The molecule has 0 aliphatic heterocycles. The number of aromatic nitrogens is 2. The Hall–Kier alpha value is -1.57. The second-order valence-corrected chi connectivity index (χ2v) is 6.69. The van der Waals surface area contributed by atoms with E-state index in [1.807, 2.05) is 29.1 Å². The fourth-order valence-electron chi connectivity index (χ4n) is 2.55. The molecule has 2 aromatic rings. The predicted octanol–water partition coefficient (Wildman–Crippen LogP) is 4.11. The Morgan fingerprint density at radius 3 is 2.52 bits per heavy atom. The predicted molar refractivity (Wildman–Crippen MR) is 116 cm³/mol. The van der Waals surface area contributed by atoms with E-state index < -0.39 is 0 Å². The Morgan fingerprint density at radius 1 is 1.20 bits per heavy atom. The van der Waals surface area contributed by atoms with Gasteiger partial charge in [-0.3, -0.25) is 0 Å². The van der Waals surface area contributed by atoms with E-state index in [4.69, 9.17) is 5.73 Å². The standard InChI is InChI=1S/C19H29N5.HI/c1-15(2)6-4-7-16(3)23-19(20)21-14-17-8-10-18(11-9-17)24-13-5-12-22-24;/h5,8-13,15-16H,4,6-7,14H2,1-3H3,(H3,20,21,23);1H. The van der Waals surface area contributed by atoms with Gasteiger partial charge in [0, 0.05) is 18.4 Å². The van der Waals surface area contributed by atoms with Crippen LogP contribution in [-0.4, -0.2) is 21.8 Å². The zero-order chi connectivity index (χ0) is 17.4. The lowest BCUT2D eigenvalue weighted by molar-refractivity contribution is 0.493. The maximum absolute atomic E-state index is 5.99. The van der Waals surface area contributed by atoms with Crippen molar-refractivity contribution in [2.45, 2.75) is 52.6 Å². The van der Waals surface area contributed by atoms with E-state index in [2.05, 4.69) is 48.3 Å². The molecule has 1 atom stereocenters. The first-order chi connectivity index (χ1) is 11.5. The highest BCUT2D eigenvalue weighted by molar-refractivity contribution is 14.0. The van der Waals surface area contributed by atoms with Gasteiger partial charge in [-0.1, -0.05) is 38.8 Å². The molecule has 0 saturated carbocycles. The molecule has 0 bridgehead atoms. The van der Waals surface area contributed by atoms with Crippen LogP contribution >= 0.6 is 24.0 Å². The average Bonchev–Trinajstić information content (AvgIpc) is 3.07. The molecule has 1 aromatic carbocycles. The van der Waals surface area contributed by atoms with Crippen LogP contribution < -0.4 is 11.1 Å². The van der Waals surface area contributed by atoms with E-state index in [9.17, 15) is 0 Å².